The number of thiocarbonyl (C=S) groups is 1. The van der Waals surface area contributed by atoms with Crippen molar-refractivity contribution >= 4 is 57.8 Å². The molecule has 12 heteroatoms. The van der Waals surface area contributed by atoms with Crippen LogP contribution < -0.4 is 10.2 Å². The quantitative estimate of drug-likeness (QED) is 0.248. The van der Waals surface area contributed by atoms with Gasteiger partial charge in [0.05, 0.1) is 9.83 Å². The lowest BCUT2D eigenvalue weighted by molar-refractivity contribution is -0.384. The van der Waals surface area contributed by atoms with Gasteiger partial charge in [-0.05, 0) is 54.5 Å². The highest BCUT2D eigenvalue weighted by atomic mass is 32.2. The number of carboxylic acid groups (broad SMARTS) is 1. The first-order chi connectivity index (χ1) is 15.7. The lowest BCUT2D eigenvalue weighted by Gasteiger charge is -2.15. The summed E-state index contributed by atoms with van der Waals surface area (Å²) in [7, 11) is 0. The van der Waals surface area contributed by atoms with Gasteiger partial charge in [0.2, 0.25) is 0 Å². The summed E-state index contributed by atoms with van der Waals surface area (Å²) in [5, 5.41) is 20.7. The van der Waals surface area contributed by atoms with Gasteiger partial charge < -0.3 is 9.84 Å². The summed E-state index contributed by atoms with van der Waals surface area (Å²) in [6.45, 7) is 1.70. The first kappa shape index (κ1) is 23.9. The third-order valence-electron chi connectivity index (χ3n) is 4.45. The molecule has 1 fully saturated rings. The number of nitrogens with one attached hydrogen (secondary N) is 1. The number of nitrogens with zero attached hydrogens (tertiary/aromatic N) is 2. The standard InChI is InChI=1S/C21H17N3O7S2/c1-2-16(20(27)28)31-15-9-3-12(4-10-15)11-17-19(26)23(21(32)33-17)22-18(25)13-5-7-14(8-6-13)24(29)30/h3-11,16H,2H2,1H3,(H,22,25)(H,27,28)/b17-11+. The van der Waals surface area contributed by atoms with Crippen LogP contribution in [-0.4, -0.2) is 43.2 Å². The number of ether oxygens (including phenoxy) is 1. The minimum Gasteiger partial charge on any atom is -0.479 e. The van der Waals surface area contributed by atoms with E-state index in [2.05, 4.69) is 5.43 Å². The van der Waals surface area contributed by atoms with Gasteiger partial charge in [-0.1, -0.05) is 30.8 Å². The van der Waals surface area contributed by atoms with Crippen LogP contribution in [0.3, 0.4) is 0 Å². The van der Waals surface area contributed by atoms with Crippen molar-refractivity contribution in [2.24, 2.45) is 0 Å². The second-order valence-electron chi connectivity index (χ2n) is 6.68. The summed E-state index contributed by atoms with van der Waals surface area (Å²) in [5.74, 6) is -1.85. The third kappa shape index (κ3) is 5.73. The highest BCUT2D eigenvalue weighted by molar-refractivity contribution is 8.26. The first-order valence-electron chi connectivity index (χ1n) is 9.52. The number of nitro groups is 1. The Hall–Kier alpha value is -3.77. The molecule has 170 valence electrons. The zero-order valence-corrected chi connectivity index (χ0v) is 18.7. The van der Waals surface area contributed by atoms with E-state index in [0.29, 0.717) is 17.7 Å². The van der Waals surface area contributed by atoms with Gasteiger partial charge in [0, 0.05) is 17.7 Å². The number of hydrogen-bond acceptors (Lipinski definition) is 8. The van der Waals surface area contributed by atoms with E-state index in [1.165, 1.54) is 24.3 Å². The molecule has 1 aliphatic heterocycles. The number of carbonyl (C=O) groups is 3. The normalized spacial score (nSPS) is 15.4. The van der Waals surface area contributed by atoms with Crippen LogP contribution in [0, 0.1) is 10.1 Å². The van der Waals surface area contributed by atoms with E-state index < -0.39 is 28.8 Å². The van der Waals surface area contributed by atoms with E-state index in [1.54, 1.807) is 37.3 Å². The Morgan fingerprint density at radius 3 is 2.42 bits per heavy atom. The molecule has 1 aliphatic rings. The van der Waals surface area contributed by atoms with Crippen molar-refractivity contribution in [3.05, 3.63) is 74.7 Å². The molecule has 2 aromatic carbocycles. The molecule has 2 aromatic rings. The minimum atomic E-state index is -1.05. The molecule has 1 saturated heterocycles. The molecule has 0 aromatic heterocycles. The molecule has 1 unspecified atom stereocenters. The molecule has 0 saturated carbocycles. The third-order valence-corrected chi connectivity index (χ3v) is 5.75. The number of thioether (sulfide) groups is 1. The van der Waals surface area contributed by atoms with Gasteiger partial charge in [-0.15, -0.1) is 0 Å². The van der Waals surface area contributed by atoms with Crippen molar-refractivity contribution in [2.75, 3.05) is 0 Å². The largest absolute Gasteiger partial charge is 0.479 e. The van der Waals surface area contributed by atoms with Crippen LogP contribution in [0.2, 0.25) is 0 Å². The molecular formula is C21H17N3O7S2. The smallest absolute Gasteiger partial charge is 0.344 e. The number of aliphatic carboxylic acids is 1. The van der Waals surface area contributed by atoms with E-state index in [-0.39, 0.29) is 20.5 Å². The van der Waals surface area contributed by atoms with Crippen LogP contribution in [0.5, 0.6) is 5.75 Å². The molecule has 2 N–H and O–H groups in total. The number of carboxylic acids is 1. The highest BCUT2D eigenvalue weighted by Gasteiger charge is 2.33. The topological polar surface area (TPSA) is 139 Å². The number of hydrogen-bond donors (Lipinski definition) is 2. The van der Waals surface area contributed by atoms with Gasteiger partial charge in [0.25, 0.3) is 17.5 Å². The van der Waals surface area contributed by atoms with Crippen LogP contribution in [0.1, 0.15) is 29.3 Å². The van der Waals surface area contributed by atoms with Gasteiger partial charge in [-0.3, -0.25) is 25.1 Å². The maximum Gasteiger partial charge on any atom is 0.344 e. The highest BCUT2D eigenvalue weighted by Crippen LogP contribution is 2.32. The zero-order chi connectivity index (χ0) is 24.1. The number of rotatable bonds is 8. The molecule has 0 bridgehead atoms. The van der Waals surface area contributed by atoms with Gasteiger partial charge in [0.15, 0.2) is 10.4 Å². The lowest BCUT2D eigenvalue weighted by atomic mass is 10.2. The fraction of sp³-hybridized carbons (Fsp3) is 0.143. The Morgan fingerprint density at radius 2 is 1.88 bits per heavy atom. The van der Waals surface area contributed by atoms with Crippen LogP contribution >= 0.6 is 24.0 Å². The molecular weight excluding hydrogens is 470 g/mol. The second kappa shape index (κ2) is 10.2. The average molecular weight is 488 g/mol. The Bertz CT molecular complexity index is 1150. The fourth-order valence-corrected chi connectivity index (χ4v) is 3.91. The maximum absolute atomic E-state index is 12.7. The minimum absolute atomic E-state index is 0.119. The van der Waals surface area contributed by atoms with Crippen LogP contribution in [-0.2, 0) is 9.59 Å². The van der Waals surface area contributed by atoms with E-state index >= 15 is 0 Å². The van der Waals surface area contributed by atoms with Crippen molar-refractivity contribution < 1.29 is 29.2 Å². The van der Waals surface area contributed by atoms with E-state index in [4.69, 9.17) is 22.1 Å². The Kier molecular flexibility index (Phi) is 7.41. The van der Waals surface area contributed by atoms with Crippen LogP contribution in [0.4, 0.5) is 5.69 Å². The fourth-order valence-electron chi connectivity index (χ4n) is 2.73. The number of nitro benzene ring substituents is 1. The predicted molar refractivity (Wildman–Crippen MR) is 124 cm³/mol. The Labute approximate surface area is 197 Å². The van der Waals surface area contributed by atoms with Crippen molar-refractivity contribution in [1.82, 2.24) is 10.4 Å². The summed E-state index contributed by atoms with van der Waals surface area (Å²) < 4.78 is 5.52. The van der Waals surface area contributed by atoms with Gasteiger partial charge in [0.1, 0.15) is 5.75 Å². The molecule has 0 spiro atoms. The Morgan fingerprint density at radius 1 is 1.24 bits per heavy atom. The number of carbonyl (C=O) groups excluding carboxylic acids is 2. The van der Waals surface area contributed by atoms with Gasteiger partial charge in [-0.25, -0.2) is 4.79 Å². The molecule has 1 atom stereocenters. The monoisotopic (exact) mass is 487 g/mol. The molecule has 0 aliphatic carbocycles. The molecule has 33 heavy (non-hydrogen) atoms. The maximum atomic E-state index is 12.7. The number of benzene rings is 2. The van der Waals surface area contributed by atoms with Crippen molar-refractivity contribution in [2.45, 2.75) is 19.4 Å². The SMILES string of the molecule is CCC(Oc1ccc(/C=C2/SC(=S)N(NC(=O)c3ccc([N+](=O)[O-])cc3)C2=O)cc1)C(=O)O. The summed E-state index contributed by atoms with van der Waals surface area (Å²) in [5.41, 5.74) is 3.01. The molecule has 10 nitrogen and oxygen atoms in total. The Balaban J connectivity index is 1.68. The number of hydrazine groups is 1. The molecule has 3 rings (SSSR count). The summed E-state index contributed by atoms with van der Waals surface area (Å²) in [6.07, 6.45) is 0.937. The number of amides is 2. The van der Waals surface area contributed by atoms with E-state index in [9.17, 15) is 24.5 Å². The lowest BCUT2D eigenvalue weighted by Crippen LogP contribution is -2.44. The van der Waals surface area contributed by atoms with Gasteiger partial charge >= 0.3 is 5.97 Å². The van der Waals surface area contributed by atoms with Crippen molar-refractivity contribution in [3.63, 3.8) is 0 Å². The van der Waals surface area contributed by atoms with Crippen molar-refractivity contribution in [3.8, 4) is 5.75 Å². The number of non-ortho nitro benzene ring substituents is 1. The summed E-state index contributed by atoms with van der Waals surface area (Å²) in [6, 6.07) is 11.4. The first-order valence-corrected chi connectivity index (χ1v) is 10.7. The predicted octanol–water partition coefficient (Wildman–Crippen LogP) is 3.38. The van der Waals surface area contributed by atoms with Crippen molar-refractivity contribution in [1.29, 1.82) is 0 Å². The zero-order valence-electron chi connectivity index (χ0n) is 17.1. The molecule has 1 heterocycles. The van der Waals surface area contributed by atoms with Gasteiger partial charge in [-0.2, -0.15) is 5.01 Å². The molecule has 0 radical (unpaired) electrons. The van der Waals surface area contributed by atoms with Crippen LogP contribution in [0.25, 0.3) is 6.08 Å². The average Bonchev–Trinajstić information content (AvgIpc) is 3.05. The summed E-state index contributed by atoms with van der Waals surface area (Å²) >= 11 is 6.19. The van der Waals surface area contributed by atoms with E-state index in [0.717, 1.165) is 16.8 Å². The summed E-state index contributed by atoms with van der Waals surface area (Å²) in [4.78, 5) is 46.6. The van der Waals surface area contributed by atoms with Crippen LogP contribution in [0.15, 0.2) is 53.4 Å². The molecule has 2 amide bonds. The van der Waals surface area contributed by atoms with E-state index in [1.807, 2.05) is 0 Å². The second-order valence-corrected chi connectivity index (χ2v) is 8.36.